The number of aryl methyl sites for hydroxylation is 2. The van der Waals surface area contributed by atoms with Gasteiger partial charge in [0.05, 0.1) is 6.04 Å². The van der Waals surface area contributed by atoms with Crippen LogP contribution in [-0.2, 0) is 0 Å². The average Bonchev–Trinajstić information content (AvgIpc) is 2.38. The Morgan fingerprint density at radius 3 is 2.44 bits per heavy atom. The van der Waals surface area contributed by atoms with Gasteiger partial charge in [-0.05, 0) is 49.2 Å². The van der Waals surface area contributed by atoms with Crippen molar-refractivity contribution in [2.45, 2.75) is 26.8 Å². The number of hydrogen-bond acceptors (Lipinski definition) is 2. The second-order valence-electron chi connectivity index (χ2n) is 4.63. The first-order chi connectivity index (χ1) is 8.72. The minimum absolute atomic E-state index is 0.249. The Morgan fingerprint density at radius 1 is 1.11 bits per heavy atom. The van der Waals surface area contributed by atoms with Crippen molar-refractivity contribution in [3.8, 4) is 0 Å². The molecule has 0 fully saturated rings. The van der Waals surface area contributed by atoms with Crippen LogP contribution in [0.25, 0.3) is 0 Å². The van der Waals surface area contributed by atoms with Crippen LogP contribution < -0.4 is 5.32 Å². The molecule has 1 aromatic heterocycles. The molecule has 1 aromatic carbocycles. The molecule has 1 heterocycles. The van der Waals surface area contributed by atoms with E-state index in [2.05, 4.69) is 61.4 Å². The molecule has 0 aliphatic heterocycles. The third kappa shape index (κ3) is 2.77. The summed E-state index contributed by atoms with van der Waals surface area (Å²) in [4.78, 5) is 4.09. The fourth-order valence-corrected chi connectivity index (χ4v) is 2.32. The maximum absolute atomic E-state index is 4.09. The predicted octanol–water partition coefficient (Wildman–Crippen LogP) is 3.40. The molecule has 0 amide bonds. The normalized spacial score (nSPS) is 12.4. The highest BCUT2D eigenvalue weighted by molar-refractivity contribution is 5.38. The van der Waals surface area contributed by atoms with E-state index in [4.69, 9.17) is 0 Å². The van der Waals surface area contributed by atoms with Gasteiger partial charge < -0.3 is 5.32 Å². The number of rotatable bonds is 4. The summed E-state index contributed by atoms with van der Waals surface area (Å²) in [5.74, 6) is 0. The van der Waals surface area contributed by atoms with E-state index in [9.17, 15) is 0 Å². The molecular weight excluding hydrogens is 220 g/mol. The smallest absolute Gasteiger partial charge is 0.0580 e. The van der Waals surface area contributed by atoms with Crippen LogP contribution in [0.15, 0.2) is 42.7 Å². The first kappa shape index (κ1) is 12.8. The molecule has 2 aromatic rings. The van der Waals surface area contributed by atoms with Crippen LogP contribution in [0.2, 0.25) is 0 Å². The summed E-state index contributed by atoms with van der Waals surface area (Å²) in [6.45, 7) is 7.39. The summed E-state index contributed by atoms with van der Waals surface area (Å²) in [5, 5.41) is 3.55. The minimum atomic E-state index is 0.249. The molecule has 1 N–H and O–H groups in total. The molecule has 1 unspecified atom stereocenters. The van der Waals surface area contributed by atoms with Gasteiger partial charge >= 0.3 is 0 Å². The van der Waals surface area contributed by atoms with Gasteiger partial charge in [-0.2, -0.15) is 0 Å². The quantitative estimate of drug-likeness (QED) is 0.886. The van der Waals surface area contributed by atoms with Gasteiger partial charge in [0.1, 0.15) is 0 Å². The van der Waals surface area contributed by atoms with Crippen LogP contribution in [0.5, 0.6) is 0 Å². The Bertz CT molecular complexity index is 506. The van der Waals surface area contributed by atoms with Crippen molar-refractivity contribution in [1.29, 1.82) is 0 Å². The van der Waals surface area contributed by atoms with E-state index in [1.807, 2.05) is 12.4 Å². The molecule has 94 valence electrons. The van der Waals surface area contributed by atoms with Crippen molar-refractivity contribution in [1.82, 2.24) is 10.3 Å². The zero-order valence-electron chi connectivity index (χ0n) is 11.3. The molecule has 18 heavy (non-hydrogen) atoms. The van der Waals surface area contributed by atoms with Gasteiger partial charge in [-0.15, -0.1) is 0 Å². The molecular formula is C16H20N2. The summed E-state index contributed by atoms with van der Waals surface area (Å²) < 4.78 is 0. The molecule has 0 aliphatic carbocycles. The average molecular weight is 240 g/mol. The lowest BCUT2D eigenvalue weighted by molar-refractivity contribution is 0.627. The van der Waals surface area contributed by atoms with E-state index in [1.165, 1.54) is 22.3 Å². The molecule has 2 rings (SSSR count). The molecule has 2 nitrogen and oxygen atoms in total. The third-order valence-corrected chi connectivity index (χ3v) is 3.18. The minimum Gasteiger partial charge on any atom is -0.307 e. The summed E-state index contributed by atoms with van der Waals surface area (Å²) in [6.07, 6.45) is 3.70. The zero-order valence-corrected chi connectivity index (χ0v) is 11.3. The van der Waals surface area contributed by atoms with E-state index in [0.29, 0.717) is 0 Å². The summed E-state index contributed by atoms with van der Waals surface area (Å²) in [7, 11) is 0. The number of nitrogens with zero attached hydrogens (tertiary/aromatic N) is 1. The van der Waals surface area contributed by atoms with Crippen molar-refractivity contribution < 1.29 is 0 Å². The largest absolute Gasteiger partial charge is 0.307 e. The SMILES string of the molecule is CCNC(c1ccncc1)c1ccc(C)cc1C. The second kappa shape index (κ2) is 5.78. The predicted molar refractivity (Wildman–Crippen MR) is 75.7 cm³/mol. The highest BCUT2D eigenvalue weighted by atomic mass is 14.9. The van der Waals surface area contributed by atoms with Crippen LogP contribution in [-0.4, -0.2) is 11.5 Å². The molecule has 0 saturated heterocycles. The van der Waals surface area contributed by atoms with Gasteiger partial charge in [0, 0.05) is 12.4 Å². The van der Waals surface area contributed by atoms with Gasteiger partial charge in [-0.1, -0.05) is 30.7 Å². The Morgan fingerprint density at radius 2 is 1.83 bits per heavy atom. The molecule has 0 aliphatic rings. The zero-order chi connectivity index (χ0) is 13.0. The van der Waals surface area contributed by atoms with Crippen molar-refractivity contribution in [2.75, 3.05) is 6.54 Å². The molecule has 0 bridgehead atoms. The van der Waals surface area contributed by atoms with Gasteiger partial charge in [-0.3, -0.25) is 4.98 Å². The van der Waals surface area contributed by atoms with Crippen molar-refractivity contribution in [2.24, 2.45) is 0 Å². The van der Waals surface area contributed by atoms with Gasteiger partial charge in [0.15, 0.2) is 0 Å². The number of benzene rings is 1. The van der Waals surface area contributed by atoms with Crippen molar-refractivity contribution in [3.63, 3.8) is 0 Å². The van der Waals surface area contributed by atoms with E-state index >= 15 is 0 Å². The van der Waals surface area contributed by atoms with Gasteiger partial charge in [0.25, 0.3) is 0 Å². The number of nitrogens with one attached hydrogen (secondary N) is 1. The standard InChI is InChI=1S/C16H20N2/c1-4-18-16(14-7-9-17-10-8-14)15-6-5-12(2)11-13(15)3/h5-11,16,18H,4H2,1-3H3. The number of aromatic nitrogens is 1. The fraction of sp³-hybridized carbons (Fsp3) is 0.312. The topological polar surface area (TPSA) is 24.9 Å². The Labute approximate surface area is 109 Å². The lowest BCUT2D eigenvalue weighted by Gasteiger charge is -2.21. The van der Waals surface area contributed by atoms with Gasteiger partial charge in [0.2, 0.25) is 0 Å². The van der Waals surface area contributed by atoms with Gasteiger partial charge in [-0.25, -0.2) is 0 Å². The molecule has 1 atom stereocenters. The number of pyridine rings is 1. The maximum atomic E-state index is 4.09. The van der Waals surface area contributed by atoms with Crippen LogP contribution in [0, 0.1) is 13.8 Å². The summed E-state index contributed by atoms with van der Waals surface area (Å²) in [5.41, 5.74) is 5.24. The molecule has 2 heteroatoms. The highest BCUT2D eigenvalue weighted by Crippen LogP contribution is 2.25. The van der Waals surface area contributed by atoms with E-state index in [0.717, 1.165) is 6.54 Å². The van der Waals surface area contributed by atoms with Crippen molar-refractivity contribution in [3.05, 3.63) is 65.0 Å². The molecule has 0 spiro atoms. The van der Waals surface area contributed by atoms with Crippen molar-refractivity contribution >= 4 is 0 Å². The third-order valence-electron chi connectivity index (χ3n) is 3.18. The van der Waals surface area contributed by atoms with E-state index < -0.39 is 0 Å². The lowest BCUT2D eigenvalue weighted by Crippen LogP contribution is -2.22. The molecule has 0 saturated carbocycles. The lowest BCUT2D eigenvalue weighted by atomic mass is 9.94. The Hall–Kier alpha value is -1.67. The van der Waals surface area contributed by atoms with E-state index in [1.54, 1.807) is 0 Å². The monoisotopic (exact) mass is 240 g/mol. The Balaban J connectivity index is 2.41. The maximum Gasteiger partial charge on any atom is 0.0580 e. The fourth-order valence-electron chi connectivity index (χ4n) is 2.32. The van der Waals surface area contributed by atoms with Crippen LogP contribution in [0.1, 0.15) is 35.2 Å². The van der Waals surface area contributed by atoms with Crippen LogP contribution in [0.3, 0.4) is 0 Å². The molecule has 0 radical (unpaired) electrons. The highest BCUT2D eigenvalue weighted by Gasteiger charge is 2.14. The number of hydrogen-bond donors (Lipinski definition) is 1. The summed E-state index contributed by atoms with van der Waals surface area (Å²) in [6, 6.07) is 11.0. The van der Waals surface area contributed by atoms with Crippen LogP contribution >= 0.6 is 0 Å². The van der Waals surface area contributed by atoms with Crippen LogP contribution in [0.4, 0.5) is 0 Å². The van der Waals surface area contributed by atoms with E-state index in [-0.39, 0.29) is 6.04 Å². The summed E-state index contributed by atoms with van der Waals surface area (Å²) >= 11 is 0. The first-order valence-corrected chi connectivity index (χ1v) is 6.43. The second-order valence-corrected chi connectivity index (χ2v) is 4.63. The Kier molecular flexibility index (Phi) is 4.11. The first-order valence-electron chi connectivity index (χ1n) is 6.43.